The van der Waals surface area contributed by atoms with Gasteiger partial charge in [-0.2, -0.15) is 0 Å². The maximum atomic E-state index is 10.9. The number of ether oxygens (including phenoxy) is 2. The second-order valence-corrected chi connectivity index (χ2v) is 4.32. The summed E-state index contributed by atoms with van der Waals surface area (Å²) in [7, 11) is 0. The highest BCUT2D eigenvalue weighted by atomic mass is 16.5. The molecule has 2 saturated carbocycles. The van der Waals surface area contributed by atoms with Crippen molar-refractivity contribution in [2.75, 3.05) is 0 Å². The highest BCUT2D eigenvalue weighted by molar-refractivity contribution is 5.67. The van der Waals surface area contributed by atoms with Gasteiger partial charge in [0.05, 0.1) is 0 Å². The normalized spacial score (nSPS) is 32.4. The molecule has 0 aromatic heterocycles. The van der Waals surface area contributed by atoms with Crippen molar-refractivity contribution in [1.29, 1.82) is 0 Å². The minimum Gasteiger partial charge on any atom is -0.458 e. The van der Waals surface area contributed by atoms with E-state index in [1.54, 1.807) is 0 Å². The molecular weight excluding hydrogens is 208 g/mol. The summed E-state index contributed by atoms with van der Waals surface area (Å²) in [5.41, 5.74) is 2.35. The van der Waals surface area contributed by atoms with Gasteiger partial charge in [-0.15, -0.1) is 0 Å². The molecular formula is C12H16O4. The Morgan fingerprint density at radius 1 is 0.938 bits per heavy atom. The van der Waals surface area contributed by atoms with Gasteiger partial charge in [0.1, 0.15) is 12.2 Å². The van der Waals surface area contributed by atoms with E-state index in [1.165, 1.54) is 25.0 Å². The molecule has 0 aromatic carbocycles. The van der Waals surface area contributed by atoms with Crippen LogP contribution in [-0.2, 0) is 19.1 Å². The molecule has 0 spiro atoms. The number of rotatable bonds is 2. The monoisotopic (exact) mass is 224 g/mol. The Labute approximate surface area is 94.6 Å². The molecule has 16 heavy (non-hydrogen) atoms. The van der Waals surface area contributed by atoms with Crippen LogP contribution in [0.15, 0.2) is 11.1 Å². The van der Waals surface area contributed by atoms with Crippen molar-refractivity contribution in [3.8, 4) is 0 Å². The molecule has 4 nitrogen and oxygen atoms in total. The van der Waals surface area contributed by atoms with Crippen molar-refractivity contribution < 1.29 is 19.1 Å². The summed E-state index contributed by atoms with van der Waals surface area (Å²) in [5, 5.41) is 0. The first-order valence-electron chi connectivity index (χ1n) is 5.64. The van der Waals surface area contributed by atoms with E-state index < -0.39 is 0 Å². The third kappa shape index (κ3) is 2.10. The molecule has 0 saturated heterocycles. The first-order chi connectivity index (χ1) is 7.58. The molecule has 2 unspecified atom stereocenters. The molecule has 2 aliphatic carbocycles. The molecule has 2 aliphatic rings. The molecule has 4 heteroatoms. The van der Waals surface area contributed by atoms with Crippen LogP contribution in [-0.4, -0.2) is 24.1 Å². The Hall–Kier alpha value is -1.32. The number of carbonyl (C=O) groups excluding carboxylic acids is 2. The summed E-state index contributed by atoms with van der Waals surface area (Å²) >= 11 is 0. The summed E-state index contributed by atoms with van der Waals surface area (Å²) in [4.78, 5) is 21.7. The third-order valence-electron chi connectivity index (χ3n) is 3.16. The van der Waals surface area contributed by atoms with E-state index in [2.05, 4.69) is 0 Å². The molecule has 2 atom stereocenters. The zero-order valence-electron chi connectivity index (χ0n) is 9.62. The van der Waals surface area contributed by atoms with Gasteiger partial charge in [0.15, 0.2) is 0 Å². The number of esters is 2. The number of carbonyl (C=O) groups is 2. The Morgan fingerprint density at radius 2 is 1.31 bits per heavy atom. The third-order valence-corrected chi connectivity index (χ3v) is 3.16. The lowest BCUT2D eigenvalue weighted by Gasteiger charge is -2.38. The lowest BCUT2D eigenvalue weighted by atomic mass is 9.75. The van der Waals surface area contributed by atoms with Crippen LogP contribution >= 0.6 is 0 Å². The van der Waals surface area contributed by atoms with Gasteiger partial charge in [0.25, 0.3) is 0 Å². The zero-order valence-corrected chi connectivity index (χ0v) is 9.62. The van der Waals surface area contributed by atoms with E-state index in [0.717, 1.165) is 25.7 Å². The smallest absolute Gasteiger partial charge is 0.303 e. The van der Waals surface area contributed by atoms with E-state index >= 15 is 0 Å². The Bertz CT molecular complexity index is 322. The highest BCUT2D eigenvalue weighted by Gasteiger charge is 2.37. The SMILES string of the molecule is CC(=O)OC1CCC1=C1CCC1OC(C)=O. The second kappa shape index (κ2) is 4.28. The van der Waals surface area contributed by atoms with E-state index in [4.69, 9.17) is 9.47 Å². The van der Waals surface area contributed by atoms with Gasteiger partial charge in [0, 0.05) is 13.8 Å². The predicted molar refractivity (Wildman–Crippen MR) is 56.6 cm³/mol. The minimum atomic E-state index is -0.244. The van der Waals surface area contributed by atoms with Gasteiger partial charge < -0.3 is 9.47 Å². The van der Waals surface area contributed by atoms with Crippen molar-refractivity contribution in [3.05, 3.63) is 11.1 Å². The van der Waals surface area contributed by atoms with Gasteiger partial charge in [-0.1, -0.05) is 0 Å². The molecule has 0 aliphatic heterocycles. The molecule has 0 N–H and O–H groups in total. The van der Waals surface area contributed by atoms with Crippen molar-refractivity contribution in [2.45, 2.75) is 51.7 Å². The van der Waals surface area contributed by atoms with Crippen LogP contribution < -0.4 is 0 Å². The topological polar surface area (TPSA) is 52.6 Å². The van der Waals surface area contributed by atoms with E-state index in [9.17, 15) is 9.59 Å². The lowest BCUT2D eigenvalue weighted by Crippen LogP contribution is -2.36. The summed E-state index contributed by atoms with van der Waals surface area (Å²) in [6, 6.07) is 0. The fourth-order valence-corrected chi connectivity index (χ4v) is 2.21. The van der Waals surface area contributed by atoms with E-state index in [0.29, 0.717) is 0 Å². The van der Waals surface area contributed by atoms with E-state index in [-0.39, 0.29) is 24.1 Å². The predicted octanol–water partition coefficient (Wildman–Crippen LogP) is 1.73. The van der Waals surface area contributed by atoms with E-state index in [1.807, 2.05) is 0 Å². The maximum absolute atomic E-state index is 10.9. The lowest BCUT2D eigenvalue weighted by molar-refractivity contribution is -0.149. The number of hydrogen-bond acceptors (Lipinski definition) is 4. The van der Waals surface area contributed by atoms with Crippen LogP contribution in [0.1, 0.15) is 39.5 Å². The van der Waals surface area contributed by atoms with Crippen molar-refractivity contribution in [2.24, 2.45) is 0 Å². The minimum absolute atomic E-state index is 0.0640. The summed E-state index contributed by atoms with van der Waals surface area (Å²) in [6.45, 7) is 2.84. The Balaban J connectivity index is 1.99. The van der Waals surface area contributed by atoms with Gasteiger partial charge in [-0.05, 0) is 36.8 Å². The molecule has 2 fully saturated rings. The largest absolute Gasteiger partial charge is 0.458 e. The van der Waals surface area contributed by atoms with Crippen molar-refractivity contribution >= 4 is 11.9 Å². The molecule has 0 heterocycles. The molecule has 88 valence electrons. The summed E-state index contributed by atoms with van der Waals surface area (Å²) < 4.78 is 10.3. The Kier molecular flexibility index (Phi) is 2.99. The number of hydrogen-bond donors (Lipinski definition) is 0. The van der Waals surface area contributed by atoms with Gasteiger partial charge in [-0.25, -0.2) is 0 Å². The summed E-state index contributed by atoms with van der Waals surface area (Å²) in [6.07, 6.45) is 3.59. The fourth-order valence-electron chi connectivity index (χ4n) is 2.21. The average Bonchev–Trinajstić information content (AvgIpc) is 2.15. The van der Waals surface area contributed by atoms with Crippen LogP contribution in [0.5, 0.6) is 0 Å². The van der Waals surface area contributed by atoms with Crippen LogP contribution in [0.4, 0.5) is 0 Å². The van der Waals surface area contributed by atoms with Crippen molar-refractivity contribution in [1.82, 2.24) is 0 Å². The fraction of sp³-hybridized carbons (Fsp3) is 0.667. The molecule has 0 radical (unpaired) electrons. The first-order valence-corrected chi connectivity index (χ1v) is 5.64. The highest BCUT2D eigenvalue weighted by Crippen LogP contribution is 2.41. The quantitative estimate of drug-likeness (QED) is 0.529. The average molecular weight is 224 g/mol. The van der Waals surface area contributed by atoms with Crippen LogP contribution in [0.3, 0.4) is 0 Å². The van der Waals surface area contributed by atoms with Crippen LogP contribution in [0.25, 0.3) is 0 Å². The van der Waals surface area contributed by atoms with Gasteiger partial charge in [-0.3, -0.25) is 9.59 Å². The van der Waals surface area contributed by atoms with Crippen LogP contribution in [0.2, 0.25) is 0 Å². The van der Waals surface area contributed by atoms with Gasteiger partial charge in [0.2, 0.25) is 0 Å². The molecule has 0 amide bonds. The molecule has 0 bridgehead atoms. The second-order valence-electron chi connectivity index (χ2n) is 4.32. The zero-order chi connectivity index (χ0) is 11.7. The van der Waals surface area contributed by atoms with Gasteiger partial charge >= 0.3 is 11.9 Å². The van der Waals surface area contributed by atoms with Crippen molar-refractivity contribution in [3.63, 3.8) is 0 Å². The standard InChI is InChI=1S/C12H16O4/c1-7(13)15-11-5-3-9(11)10-4-6-12(10)16-8(2)14/h11-12H,3-6H2,1-2H3. The molecule has 0 aromatic rings. The van der Waals surface area contributed by atoms with Crippen LogP contribution in [0, 0.1) is 0 Å². The first kappa shape index (κ1) is 11.2. The Morgan fingerprint density at radius 3 is 1.50 bits per heavy atom. The molecule has 2 rings (SSSR count). The maximum Gasteiger partial charge on any atom is 0.303 e. The summed E-state index contributed by atoms with van der Waals surface area (Å²) in [5.74, 6) is -0.489.